The predicted octanol–water partition coefficient (Wildman–Crippen LogP) is 4.63. The lowest BCUT2D eigenvalue weighted by Crippen LogP contribution is -2.03. The zero-order chi connectivity index (χ0) is 13.5. The van der Waals surface area contributed by atoms with Crippen LogP contribution in [0, 0.1) is 0 Å². The molecule has 0 aliphatic carbocycles. The highest BCUT2D eigenvalue weighted by Gasteiger charge is 2.02. The number of benzene rings is 2. The van der Waals surface area contributed by atoms with Crippen molar-refractivity contribution in [3.8, 4) is 5.75 Å². The molecule has 0 aliphatic rings. The Kier molecular flexibility index (Phi) is 5.04. The van der Waals surface area contributed by atoms with E-state index in [-0.39, 0.29) is 0 Å². The van der Waals surface area contributed by atoms with Gasteiger partial charge in [-0.2, -0.15) is 0 Å². The average Bonchev–Trinajstić information content (AvgIpc) is 2.44. The van der Waals surface area contributed by atoms with Crippen LogP contribution in [-0.4, -0.2) is 6.61 Å². The van der Waals surface area contributed by atoms with Gasteiger partial charge in [0.2, 0.25) is 0 Å². The van der Waals surface area contributed by atoms with Crippen LogP contribution in [0.15, 0.2) is 65.7 Å². The van der Waals surface area contributed by atoms with Crippen molar-refractivity contribution in [2.75, 3.05) is 11.9 Å². The van der Waals surface area contributed by atoms with Gasteiger partial charge in [0.1, 0.15) is 12.4 Å². The Morgan fingerprint density at radius 3 is 2.79 bits per heavy atom. The number of hydrogen-bond acceptors (Lipinski definition) is 2. The second-order valence-corrected chi connectivity index (χ2v) is 4.99. The minimum atomic E-state index is 0.522. The highest BCUT2D eigenvalue weighted by molar-refractivity contribution is 9.10. The van der Waals surface area contributed by atoms with Gasteiger partial charge in [0.25, 0.3) is 0 Å². The largest absolute Gasteiger partial charge is 0.489 e. The first-order chi connectivity index (χ1) is 9.29. The molecule has 2 aromatic rings. The van der Waals surface area contributed by atoms with Crippen LogP contribution in [-0.2, 0) is 6.54 Å². The summed E-state index contributed by atoms with van der Waals surface area (Å²) in [4.78, 5) is 0. The van der Waals surface area contributed by atoms with Crippen LogP contribution in [0.4, 0.5) is 5.69 Å². The van der Waals surface area contributed by atoms with Crippen LogP contribution in [0.2, 0.25) is 0 Å². The van der Waals surface area contributed by atoms with Crippen LogP contribution in [0.25, 0.3) is 0 Å². The van der Waals surface area contributed by atoms with E-state index in [1.165, 1.54) is 0 Å². The molecule has 0 bridgehead atoms. The van der Waals surface area contributed by atoms with E-state index in [9.17, 15) is 0 Å². The molecule has 0 amide bonds. The third kappa shape index (κ3) is 4.14. The fourth-order valence-electron chi connectivity index (χ4n) is 1.74. The number of ether oxygens (including phenoxy) is 1. The van der Waals surface area contributed by atoms with Gasteiger partial charge < -0.3 is 10.1 Å². The quantitative estimate of drug-likeness (QED) is 0.784. The maximum absolute atomic E-state index is 5.63. The molecule has 0 spiro atoms. The zero-order valence-electron chi connectivity index (χ0n) is 10.6. The number of para-hydroxylation sites is 1. The van der Waals surface area contributed by atoms with Crippen molar-refractivity contribution in [3.05, 3.63) is 71.2 Å². The summed E-state index contributed by atoms with van der Waals surface area (Å²) in [5.41, 5.74) is 2.21. The Balaban J connectivity index is 2.04. The molecular formula is C16H16BrNO. The van der Waals surface area contributed by atoms with E-state index in [2.05, 4.69) is 33.9 Å². The second kappa shape index (κ2) is 7.00. The van der Waals surface area contributed by atoms with Gasteiger partial charge in [-0.1, -0.05) is 52.9 Å². The van der Waals surface area contributed by atoms with Crippen molar-refractivity contribution in [2.45, 2.75) is 6.54 Å². The van der Waals surface area contributed by atoms with E-state index in [1.54, 1.807) is 6.08 Å². The van der Waals surface area contributed by atoms with Gasteiger partial charge in [-0.25, -0.2) is 0 Å². The summed E-state index contributed by atoms with van der Waals surface area (Å²) in [6.07, 6.45) is 1.75. The summed E-state index contributed by atoms with van der Waals surface area (Å²) in [7, 11) is 0. The van der Waals surface area contributed by atoms with E-state index >= 15 is 0 Å². The van der Waals surface area contributed by atoms with Gasteiger partial charge in [-0.3, -0.25) is 0 Å². The van der Waals surface area contributed by atoms with E-state index in [1.807, 2.05) is 42.5 Å². The normalized spacial score (nSPS) is 9.95. The Hall–Kier alpha value is -1.74. The molecule has 0 saturated carbocycles. The van der Waals surface area contributed by atoms with E-state index < -0.39 is 0 Å². The molecule has 0 heterocycles. The van der Waals surface area contributed by atoms with Crippen molar-refractivity contribution in [1.29, 1.82) is 0 Å². The van der Waals surface area contributed by atoms with Crippen LogP contribution < -0.4 is 10.1 Å². The third-order valence-corrected chi connectivity index (χ3v) is 3.13. The summed E-state index contributed by atoms with van der Waals surface area (Å²) < 4.78 is 6.69. The molecule has 0 fully saturated rings. The number of halogens is 1. The lowest BCUT2D eigenvalue weighted by Gasteiger charge is -2.12. The molecule has 0 unspecified atom stereocenters. The first-order valence-electron chi connectivity index (χ1n) is 6.10. The van der Waals surface area contributed by atoms with E-state index in [4.69, 9.17) is 4.74 Å². The smallest absolute Gasteiger partial charge is 0.124 e. The SMILES string of the molecule is C=CCOc1ccccc1CNc1cccc(Br)c1. The summed E-state index contributed by atoms with van der Waals surface area (Å²) in [6.45, 7) is 4.91. The van der Waals surface area contributed by atoms with Gasteiger partial charge in [0, 0.05) is 22.3 Å². The number of anilines is 1. The van der Waals surface area contributed by atoms with Crippen molar-refractivity contribution < 1.29 is 4.74 Å². The van der Waals surface area contributed by atoms with Crippen molar-refractivity contribution in [3.63, 3.8) is 0 Å². The van der Waals surface area contributed by atoms with Gasteiger partial charge in [-0.15, -0.1) is 0 Å². The van der Waals surface area contributed by atoms with Crippen molar-refractivity contribution in [2.24, 2.45) is 0 Å². The third-order valence-electron chi connectivity index (χ3n) is 2.64. The Morgan fingerprint density at radius 1 is 1.16 bits per heavy atom. The van der Waals surface area contributed by atoms with Gasteiger partial charge in [0.15, 0.2) is 0 Å². The van der Waals surface area contributed by atoms with Crippen LogP contribution in [0.1, 0.15) is 5.56 Å². The fourth-order valence-corrected chi connectivity index (χ4v) is 2.13. The molecule has 2 nitrogen and oxygen atoms in total. The maximum atomic E-state index is 5.63. The summed E-state index contributed by atoms with van der Waals surface area (Å²) in [5.74, 6) is 0.893. The van der Waals surface area contributed by atoms with E-state index in [0.717, 1.165) is 28.0 Å². The Morgan fingerprint density at radius 2 is 2.00 bits per heavy atom. The monoisotopic (exact) mass is 317 g/mol. The summed E-state index contributed by atoms with van der Waals surface area (Å²) in [5, 5.41) is 3.38. The zero-order valence-corrected chi connectivity index (χ0v) is 12.2. The second-order valence-electron chi connectivity index (χ2n) is 4.07. The highest BCUT2D eigenvalue weighted by Crippen LogP contribution is 2.21. The molecule has 0 saturated heterocycles. The Bertz CT molecular complexity index is 554. The molecule has 19 heavy (non-hydrogen) atoms. The summed E-state index contributed by atoms with van der Waals surface area (Å²) >= 11 is 3.46. The van der Waals surface area contributed by atoms with Crippen molar-refractivity contribution in [1.82, 2.24) is 0 Å². The van der Waals surface area contributed by atoms with Gasteiger partial charge in [-0.05, 0) is 24.3 Å². The molecular weight excluding hydrogens is 302 g/mol. The van der Waals surface area contributed by atoms with Crippen LogP contribution in [0.5, 0.6) is 5.75 Å². The molecule has 1 N–H and O–H groups in total. The molecule has 2 aromatic carbocycles. The molecule has 2 rings (SSSR count). The molecule has 0 atom stereocenters. The molecule has 98 valence electrons. The predicted molar refractivity (Wildman–Crippen MR) is 83.6 cm³/mol. The van der Waals surface area contributed by atoms with Crippen LogP contribution in [0.3, 0.4) is 0 Å². The maximum Gasteiger partial charge on any atom is 0.124 e. The van der Waals surface area contributed by atoms with E-state index in [0.29, 0.717) is 6.61 Å². The topological polar surface area (TPSA) is 21.3 Å². The first kappa shape index (κ1) is 13.7. The van der Waals surface area contributed by atoms with Gasteiger partial charge in [0.05, 0.1) is 0 Å². The number of nitrogens with one attached hydrogen (secondary N) is 1. The lowest BCUT2D eigenvalue weighted by atomic mass is 10.2. The molecule has 0 radical (unpaired) electrons. The summed E-state index contributed by atoms with van der Waals surface area (Å²) in [6, 6.07) is 16.1. The van der Waals surface area contributed by atoms with Gasteiger partial charge >= 0.3 is 0 Å². The number of rotatable bonds is 6. The molecule has 0 aromatic heterocycles. The minimum Gasteiger partial charge on any atom is -0.489 e. The Labute approximate surface area is 122 Å². The lowest BCUT2D eigenvalue weighted by molar-refractivity contribution is 0.359. The number of hydrogen-bond donors (Lipinski definition) is 1. The first-order valence-corrected chi connectivity index (χ1v) is 6.90. The standard InChI is InChI=1S/C16H16BrNO/c1-2-10-19-16-9-4-3-6-13(16)12-18-15-8-5-7-14(17)11-15/h2-9,11,18H,1,10,12H2. The highest BCUT2D eigenvalue weighted by atomic mass is 79.9. The molecule has 3 heteroatoms. The van der Waals surface area contributed by atoms with Crippen molar-refractivity contribution >= 4 is 21.6 Å². The van der Waals surface area contributed by atoms with Crippen LogP contribution >= 0.6 is 15.9 Å². The average molecular weight is 318 g/mol. The minimum absolute atomic E-state index is 0.522. The molecule has 0 aliphatic heterocycles. The fraction of sp³-hybridized carbons (Fsp3) is 0.125.